The molecular formula is C25H36N2O7. The summed E-state index contributed by atoms with van der Waals surface area (Å²) in [6.07, 6.45) is 3.20. The van der Waals surface area contributed by atoms with Crippen molar-refractivity contribution in [2.24, 2.45) is 0 Å². The molecular weight excluding hydrogens is 440 g/mol. The number of amides is 4. The first-order chi connectivity index (χ1) is 16.3. The van der Waals surface area contributed by atoms with Crippen molar-refractivity contribution in [3.8, 4) is 0 Å². The van der Waals surface area contributed by atoms with Crippen LogP contribution in [-0.2, 0) is 28.6 Å². The van der Waals surface area contributed by atoms with Crippen LogP contribution in [0.15, 0.2) is 30.3 Å². The Bertz CT molecular complexity index is 809. The van der Waals surface area contributed by atoms with Crippen LogP contribution in [0.25, 0.3) is 0 Å². The Labute approximate surface area is 201 Å². The van der Waals surface area contributed by atoms with Gasteiger partial charge in [0, 0.05) is 25.6 Å². The van der Waals surface area contributed by atoms with Gasteiger partial charge in [-0.05, 0) is 18.4 Å². The van der Waals surface area contributed by atoms with Gasteiger partial charge in [-0.2, -0.15) is 0 Å². The molecule has 4 amide bonds. The highest BCUT2D eigenvalue weighted by atomic mass is 16.6. The van der Waals surface area contributed by atoms with Gasteiger partial charge >= 0.3 is 12.0 Å². The van der Waals surface area contributed by atoms with Crippen molar-refractivity contribution in [2.75, 3.05) is 26.7 Å². The second-order valence-electron chi connectivity index (χ2n) is 8.23. The van der Waals surface area contributed by atoms with Gasteiger partial charge in [0.1, 0.15) is 13.5 Å². The average molecular weight is 477 g/mol. The van der Waals surface area contributed by atoms with E-state index in [2.05, 4.69) is 0 Å². The van der Waals surface area contributed by atoms with Crippen LogP contribution in [0.4, 0.5) is 4.79 Å². The van der Waals surface area contributed by atoms with Gasteiger partial charge in [-0.3, -0.25) is 14.4 Å². The van der Waals surface area contributed by atoms with E-state index in [9.17, 15) is 19.2 Å². The predicted octanol–water partition coefficient (Wildman–Crippen LogP) is 3.82. The summed E-state index contributed by atoms with van der Waals surface area (Å²) >= 11 is 0. The van der Waals surface area contributed by atoms with Crippen LogP contribution >= 0.6 is 0 Å². The first-order valence-electron chi connectivity index (χ1n) is 11.9. The molecule has 1 saturated heterocycles. The normalized spacial score (nSPS) is 16.6. The smallest absolute Gasteiger partial charge is 0.337 e. The first kappa shape index (κ1) is 27.5. The summed E-state index contributed by atoms with van der Waals surface area (Å²) in [5.74, 6) is -3.42. The molecule has 1 atom stereocenters. The second kappa shape index (κ2) is 13.2. The van der Waals surface area contributed by atoms with E-state index in [1.165, 1.54) is 0 Å². The summed E-state index contributed by atoms with van der Waals surface area (Å²) in [5, 5.41) is 0. The van der Waals surface area contributed by atoms with E-state index in [1.54, 1.807) is 44.2 Å². The number of hydrogen-bond acceptors (Lipinski definition) is 7. The maximum atomic E-state index is 13.8. The lowest BCUT2D eigenvalue weighted by molar-refractivity contribution is -0.193. The van der Waals surface area contributed by atoms with Crippen LogP contribution in [0, 0.1) is 0 Å². The van der Waals surface area contributed by atoms with Crippen LogP contribution in [0.2, 0.25) is 0 Å². The molecule has 9 heteroatoms. The third kappa shape index (κ3) is 6.01. The maximum absolute atomic E-state index is 13.8. The number of carbonyl (C=O) groups is 4. The molecule has 1 fully saturated rings. The predicted molar refractivity (Wildman–Crippen MR) is 125 cm³/mol. The minimum atomic E-state index is -2.26. The van der Waals surface area contributed by atoms with Gasteiger partial charge < -0.3 is 14.2 Å². The quantitative estimate of drug-likeness (QED) is 0.228. The van der Waals surface area contributed by atoms with Gasteiger partial charge in [0.05, 0.1) is 0 Å². The number of ether oxygens (including phenoxy) is 3. The summed E-state index contributed by atoms with van der Waals surface area (Å²) in [6.45, 7) is 7.15. The van der Waals surface area contributed by atoms with Gasteiger partial charge in [-0.25, -0.2) is 14.6 Å². The van der Waals surface area contributed by atoms with Crippen molar-refractivity contribution < 1.29 is 33.4 Å². The van der Waals surface area contributed by atoms with Crippen LogP contribution in [0.5, 0.6) is 0 Å². The molecule has 1 aliphatic rings. The molecule has 0 spiro atoms. The molecule has 0 aliphatic carbocycles. The van der Waals surface area contributed by atoms with Gasteiger partial charge in [0.25, 0.3) is 17.4 Å². The van der Waals surface area contributed by atoms with Gasteiger partial charge in [-0.1, -0.05) is 70.9 Å². The summed E-state index contributed by atoms with van der Waals surface area (Å²) in [4.78, 5) is 54.9. The lowest BCUT2D eigenvalue weighted by Crippen LogP contribution is -2.72. The lowest BCUT2D eigenvalue weighted by Gasteiger charge is -2.45. The zero-order valence-corrected chi connectivity index (χ0v) is 20.6. The highest BCUT2D eigenvalue weighted by molar-refractivity contribution is 6.22. The van der Waals surface area contributed by atoms with E-state index in [-0.39, 0.29) is 19.9 Å². The summed E-state index contributed by atoms with van der Waals surface area (Å²) in [5.41, 5.74) is -1.65. The number of carbonyl (C=O) groups excluding carboxylic acids is 4. The minimum absolute atomic E-state index is 0.0439. The van der Waals surface area contributed by atoms with Crippen LogP contribution < -0.4 is 0 Å². The molecule has 0 aromatic heterocycles. The Balaban J connectivity index is 2.52. The average Bonchev–Trinajstić information content (AvgIpc) is 2.85. The Morgan fingerprint density at radius 3 is 1.82 bits per heavy atom. The van der Waals surface area contributed by atoms with E-state index < -0.39 is 35.3 Å². The number of unbranched alkanes of at least 4 members (excludes halogenated alkanes) is 2. The van der Waals surface area contributed by atoms with Gasteiger partial charge in [-0.15, -0.1) is 0 Å². The molecule has 1 aromatic carbocycles. The Hall–Kier alpha value is -2.78. The van der Waals surface area contributed by atoms with E-state index in [0.717, 1.165) is 35.5 Å². The van der Waals surface area contributed by atoms with Crippen LogP contribution in [-0.4, -0.2) is 65.9 Å². The molecule has 1 aromatic rings. The molecule has 2 rings (SSSR count). The molecule has 9 nitrogen and oxygen atoms in total. The fourth-order valence-corrected chi connectivity index (χ4v) is 3.62. The second-order valence-corrected chi connectivity index (χ2v) is 8.23. The Morgan fingerprint density at radius 2 is 1.38 bits per heavy atom. The molecule has 1 unspecified atom stereocenters. The van der Waals surface area contributed by atoms with Crippen LogP contribution in [0.1, 0.15) is 71.3 Å². The molecule has 34 heavy (non-hydrogen) atoms. The van der Waals surface area contributed by atoms with E-state index in [0.29, 0.717) is 18.8 Å². The van der Waals surface area contributed by atoms with Gasteiger partial charge in [0.2, 0.25) is 0 Å². The number of esters is 1. The standard InChI is InChI=1S/C25H36N2O7/c1-5-8-15-32-17-26-22(29)25(34-21(28)7-3,19(4)20-13-11-10-12-14-20)23(30)27(24(26)31)18-33-16-9-6-2/h10-14,19H,5-9,15-18H2,1-4H3. The maximum Gasteiger partial charge on any atom is 0.337 e. The van der Waals surface area contributed by atoms with Crippen molar-refractivity contribution in [1.82, 2.24) is 9.80 Å². The molecule has 1 heterocycles. The minimum Gasteiger partial charge on any atom is -0.438 e. The molecule has 1 aliphatic heterocycles. The fraction of sp³-hybridized carbons (Fsp3) is 0.600. The number of hydrogen-bond donors (Lipinski definition) is 0. The molecule has 0 saturated carbocycles. The third-order valence-corrected chi connectivity index (χ3v) is 5.79. The monoisotopic (exact) mass is 476 g/mol. The van der Waals surface area contributed by atoms with Crippen molar-refractivity contribution >= 4 is 23.8 Å². The molecule has 0 radical (unpaired) electrons. The summed E-state index contributed by atoms with van der Waals surface area (Å²) < 4.78 is 16.8. The lowest BCUT2D eigenvalue weighted by atomic mass is 9.79. The van der Waals surface area contributed by atoms with Crippen molar-refractivity contribution in [1.29, 1.82) is 0 Å². The zero-order chi connectivity index (χ0) is 25.1. The third-order valence-electron chi connectivity index (χ3n) is 5.79. The summed E-state index contributed by atoms with van der Waals surface area (Å²) in [7, 11) is 0. The molecule has 0 N–H and O–H groups in total. The zero-order valence-electron chi connectivity index (χ0n) is 20.6. The topological polar surface area (TPSA) is 102 Å². The summed E-state index contributed by atoms with van der Waals surface area (Å²) in [6, 6.07) is 7.96. The van der Waals surface area contributed by atoms with Crippen LogP contribution in [0.3, 0.4) is 0 Å². The van der Waals surface area contributed by atoms with Crippen molar-refractivity contribution in [2.45, 2.75) is 71.3 Å². The Kier molecular flexibility index (Phi) is 10.7. The number of rotatable bonds is 14. The number of imide groups is 2. The number of urea groups is 1. The highest BCUT2D eigenvalue weighted by Gasteiger charge is 2.63. The van der Waals surface area contributed by atoms with E-state index in [1.807, 2.05) is 13.8 Å². The fourth-order valence-electron chi connectivity index (χ4n) is 3.62. The molecule has 188 valence electrons. The number of barbiturate groups is 1. The van der Waals surface area contributed by atoms with E-state index >= 15 is 0 Å². The van der Waals surface area contributed by atoms with Crippen molar-refractivity contribution in [3.63, 3.8) is 0 Å². The SMILES string of the molecule is CCCCOCN1C(=O)N(COCCCC)C(=O)C(OC(=O)CC)(C(C)c2ccccc2)C1=O. The first-order valence-corrected chi connectivity index (χ1v) is 11.9. The molecule has 0 bridgehead atoms. The Morgan fingerprint density at radius 1 is 0.882 bits per heavy atom. The van der Waals surface area contributed by atoms with Crippen molar-refractivity contribution in [3.05, 3.63) is 35.9 Å². The highest BCUT2D eigenvalue weighted by Crippen LogP contribution is 2.38. The number of benzene rings is 1. The largest absolute Gasteiger partial charge is 0.438 e. The van der Waals surface area contributed by atoms with Gasteiger partial charge in [0.15, 0.2) is 0 Å². The number of nitrogens with zero attached hydrogens (tertiary/aromatic N) is 2. The van der Waals surface area contributed by atoms with E-state index in [4.69, 9.17) is 14.2 Å².